The van der Waals surface area contributed by atoms with Gasteiger partial charge in [-0.25, -0.2) is 0 Å². The number of nitrogens with zero attached hydrogens (tertiary/aromatic N) is 1. The SMILES string of the molecule is COc1ccnc(C(N)=O)c1. The van der Waals surface area contributed by atoms with Crippen LogP contribution in [0, 0.1) is 0 Å². The Morgan fingerprint density at radius 1 is 1.73 bits per heavy atom. The molecule has 0 aliphatic rings. The van der Waals surface area contributed by atoms with Gasteiger partial charge in [-0.3, -0.25) is 9.78 Å². The van der Waals surface area contributed by atoms with Crippen LogP contribution in [-0.2, 0) is 0 Å². The second-order valence-electron chi connectivity index (χ2n) is 1.95. The molecule has 1 heterocycles. The molecule has 0 atom stereocenters. The Labute approximate surface area is 64.0 Å². The molecule has 1 rings (SSSR count). The van der Waals surface area contributed by atoms with Crippen LogP contribution in [0.2, 0.25) is 0 Å². The molecule has 11 heavy (non-hydrogen) atoms. The monoisotopic (exact) mass is 152 g/mol. The molecule has 4 nitrogen and oxygen atoms in total. The average Bonchev–Trinajstić information content (AvgIpc) is 2.05. The van der Waals surface area contributed by atoms with Crippen molar-refractivity contribution < 1.29 is 9.53 Å². The third-order valence-corrected chi connectivity index (χ3v) is 1.22. The number of amides is 1. The van der Waals surface area contributed by atoms with Crippen molar-refractivity contribution in [1.29, 1.82) is 0 Å². The Hall–Kier alpha value is -1.58. The van der Waals surface area contributed by atoms with Crippen molar-refractivity contribution in [3.63, 3.8) is 0 Å². The van der Waals surface area contributed by atoms with Gasteiger partial charge in [-0.15, -0.1) is 0 Å². The number of ether oxygens (including phenoxy) is 1. The Morgan fingerprint density at radius 3 is 3.00 bits per heavy atom. The van der Waals surface area contributed by atoms with Gasteiger partial charge in [-0.05, 0) is 6.07 Å². The molecule has 0 aliphatic heterocycles. The highest BCUT2D eigenvalue weighted by Crippen LogP contribution is 2.08. The van der Waals surface area contributed by atoms with Gasteiger partial charge in [0.15, 0.2) is 0 Å². The molecule has 0 saturated carbocycles. The van der Waals surface area contributed by atoms with Gasteiger partial charge in [0.25, 0.3) is 5.91 Å². The van der Waals surface area contributed by atoms with E-state index < -0.39 is 5.91 Å². The number of carbonyl (C=O) groups is 1. The fraction of sp³-hybridized carbons (Fsp3) is 0.143. The lowest BCUT2D eigenvalue weighted by Gasteiger charge is -1.98. The van der Waals surface area contributed by atoms with Gasteiger partial charge in [0, 0.05) is 12.3 Å². The fourth-order valence-corrected chi connectivity index (χ4v) is 0.673. The molecule has 1 aromatic heterocycles. The molecule has 0 fully saturated rings. The van der Waals surface area contributed by atoms with Crippen LogP contribution in [0.25, 0.3) is 0 Å². The molecule has 0 spiro atoms. The molecule has 1 amide bonds. The van der Waals surface area contributed by atoms with Gasteiger partial charge in [0.05, 0.1) is 7.11 Å². The average molecular weight is 152 g/mol. The molecule has 0 aromatic carbocycles. The van der Waals surface area contributed by atoms with Crippen molar-refractivity contribution in [3.05, 3.63) is 24.0 Å². The van der Waals surface area contributed by atoms with Crippen molar-refractivity contribution in [2.75, 3.05) is 7.11 Å². The molecule has 58 valence electrons. The van der Waals surface area contributed by atoms with E-state index in [0.717, 1.165) is 0 Å². The topological polar surface area (TPSA) is 65.2 Å². The second kappa shape index (κ2) is 3.01. The predicted molar refractivity (Wildman–Crippen MR) is 39.3 cm³/mol. The van der Waals surface area contributed by atoms with Gasteiger partial charge in [0.1, 0.15) is 11.4 Å². The van der Waals surface area contributed by atoms with Crippen LogP contribution in [-0.4, -0.2) is 18.0 Å². The van der Waals surface area contributed by atoms with Gasteiger partial charge in [-0.2, -0.15) is 0 Å². The van der Waals surface area contributed by atoms with Crippen molar-refractivity contribution in [2.45, 2.75) is 0 Å². The van der Waals surface area contributed by atoms with E-state index in [4.69, 9.17) is 10.5 Å². The summed E-state index contributed by atoms with van der Waals surface area (Å²) in [6, 6.07) is 3.13. The number of hydrogen-bond acceptors (Lipinski definition) is 3. The highest BCUT2D eigenvalue weighted by Gasteiger charge is 2.01. The first-order valence-electron chi connectivity index (χ1n) is 3.04. The first-order chi connectivity index (χ1) is 5.24. The zero-order valence-electron chi connectivity index (χ0n) is 6.07. The minimum absolute atomic E-state index is 0.212. The van der Waals surface area contributed by atoms with E-state index in [1.165, 1.54) is 19.4 Å². The molecule has 0 bridgehead atoms. The van der Waals surface area contributed by atoms with E-state index in [0.29, 0.717) is 5.75 Å². The Bertz CT molecular complexity index is 273. The van der Waals surface area contributed by atoms with E-state index in [1.807, 2.05) is 0 Å². The molecule has 0 aliphatic carbocycles. The minimum atomic E-state index is -0.552. The number of methoxy groups -OCH3 is 1. The number of nitrogens with two attached hydrogens (primary N) is 1. The summed E-state index contributed by atoms with van der Waals surface area (Å²) in [7, 11) is 1.51. The Morgan fingerprint density at radius 2 is 2.45 bits per heavy atom. The number of aromatic nitrogens is 1. The van der Waals surface area contributed by atoms with Crippen molar-refractivity contribution in [2.24, 2.45) is 5.73 Å². The molecular formula is C7H8N2O2. The number of primary amides is 1. The smallest absolute Gasteiger partial charge is 0.267 e. The maximum atomic E-state index is 10.6. The standard InChI is InChI=1S/C7H8N2O2/c1-11-5-2-3-9-6(4-5)7(8)10/h2-4H,1H3,(H2,8,10). The van der Waals surface area contributed by atoms with E-state index in [2.05, 4.69) is 4.98 Å². The summed E-state index contributed by atoms with van der Waals surface area (Å²) < 4.78 is 4.86. The second-order valence-corrected chi connectivity index (χ2v) is 1.95. The summed E-state index contributed by atoms with van der Waals surface area (Å²) in [6.07, 6.45) is 1.47. The summed E-state index contributed by atoms with van der Waals surface area (Å²) in [4.78, 5) is 14.3. The summed E-state index contributed by atoms with van der Waals surface area (Å²) in [5, 5.41) is 0. The summed E-state index contributed by atoms with van der Waals surface area (Å²) in [5.74, 6) is 0.0256. The molecule has 2 N–H and O–H groups in total. The zero-order valence-corrected chi connectivity index (χ0v) is 6.07. The van der Waals surface area contributed by atoms with E-state index in [-0.39, 0.29) is 5.69 Å². The quantitative estimate of drug-likeness (QED) is 0.657. The highest BCUT2D eigenvalue weighted by molar-refractivity contribution is 5.91. The van der Waals surface area contributed by atoms with Crippen LogP contribution in [0.4, 0.5) is 0 Å². The predicted octanol–water partition coefficient (Wildman–Crippen LogP) is 0.189. The molecule has 0 unspecified atom stereocenters. The zero-order chi connectivity index (χ0) is 8.27. The van der Waals surface area contributed by atoms with Crippen LogP contribution in [0.1, 0.15) is 10.5 Å². The van der Waals surface area contributed by atoms with Crippen molar-refractivity contribution in [3.8, 4) is 5.75 Å². The van der Waals surface area contributed by atoms with Crippen molar-refractivity contribution >= 4 is 5.91 Å². The molecule has 0 radical (unpaired) electrons. The molecule has 0 saturated heterocycles. The third kappa shape index (κ3) is 1.67. The van der Waals surface area contributed by atoms with Gasteiger partial charge >= 0.3 is 0 Å². The lowest BCUT2D eigenvalue weighted by molar-refractivity contribution is 0.0995. The summed E-state index contributed by atoms with van der Waals surface area (Å²) in [5.41, 5.74) is 5.19. The van der Waals surface area contributed by atoms with E-state index in [1.54, 1.807) is 6.07 Å². The minimum Gasteiger partial charge on any atom is -0.497 e. The van der Waals surface area contributed by atoms with E-state index in [9.17, 15) is 4.79 Å². The first kappa shape index (κ1) is 7.53. The van der Waals surface area contributed by atoms with Crippen LogP contribution < -0.4 is 10.5 Å². The molecule has 1 aromatic rings. The first-order valence-corrected chi connectivity index (χ1v) is 3.04. The van der Waals surface area contributed by atoms with Crippen LogP contribution in [0.5, 0.6) is 5.75 Å². The van der Waals surface area contributed by atoms with Crippen molar-refractivity contribution in [1.82, 2.24) is 4.98 Å². The van der Waals surface area contributed by atoms with Crippen LogP contribution in [0.15, 0.2) is 18.3 Å². The van der Waals surface area contributed by atoms with Gasteiger partial charge in [-0.1, -0.05) is 0 Å². The van der Waals surface area contributed by atoms with Crippen LogP contribution >= 0.6 is 0 Å². The normalized spacial score (nSPS) is 9.18. The lowest BCUT2D eigenvalue weighted by atomic mass is 10.3. The Balaban J connectivity index is 3.01. The highest BCUT2D eigenvalue weighted by atomic mass is 16.5. The van der Waals surface area contributed by atoms with Gasteiger partial charge < -0.3 is 10.5 Å². The number of pyridine rings is 1. The number of hydrogen-bond donors (Lipinski definition) is 1. The largest absolute Gasteiger partial charge is 0.497 e. The summed E-state index contributed by atoms with van der Waals surface area (Å²) >= 11 is 0. The van der Waals surface area contributed by atoms with Crippen LogP contribution in [0.3, 0.4) is 0 Å². The maximum absolute atomic E-state index is 10.6. The lowest BCUT2D eigenvalue weighted by Crippen LogP contribution is -2.12. The number of rotatable bonds is 2. The van der Waals surface area contributed by atoms with E-state index >= 15 is 0 Å². The maximum Gasteiger partial charge on any atom is 0.267 e. The Kier molecular flexibility index (Phi) is 2.06. The third-order valence-electron chi connectivity index (χ3n) is 1.22. The molecular weight excluding hydrogens is 144 g/mol. The molecule has 4 heteroatoms. The number of carbonyl (C=O) groups excluding carboxylic acids is 1. The fourth-order valence-electron chi connectivity index (χ4n) is 0.673. The summed E-state index contributed by atoms with van der Waals surface area (Å²) in [6.45, 7) is 0. The van der Waals surface area contributed by atoms with Gasteiger partial charge in [0.2, 0.25) is 0 Å².